The number of amides is 1. The fourth-order valence-corrected chi connectivity index (χ4v) is 2.39. The summed E-state index contributed by atoms with van der Waals surface area (Å²) in [4.78, 5) is 12.1. The van der Waals surface area contributed by atoms with Crippen molar-refractivity contribution in [2.45, 2.75) is 6.61 Å². The molecule has 0 bridgehead atoms. The van der Waals surface area contributed by atoms with Crippen LogP contribution in [-0.4, -0.2) is 12.1 Å². The molecule has 3 rings (SSSR count). The second-order valence-electron chi connectivity index (χ2n) is 5.69. The van der Waals surface area contributed by atoms with Gasteiger partial charge in [-0.25, -0.2) is 9.82 Å². The number of hydrazone groups is 1. The fourth-order valence-electron chi connectivity index (χ4n) is 2.27. The summed E-state index contributed by atoms with van der Waals surface area (Å²) < 4.78 is 18.8. The third-order valence-corrected chi connectivity index (χ3v) is 3.92. The molecular formula is C21H16ClFN2O2. The second-order valence-corrected chi connectivity index (χ2v) is 6.13. The normalized spacial score (nSPS) is 10.7. The Morgan fingerprint density at radius 2 is 1.81 bits per heavy atom. The van der Waals surface area contributed by atoms with Crippen molar-refractivity contribution in [3.8, 4) is 5.75 Å². The summed E-state index contributed by atoms with van der Waals surface area (Å²) in [7, 11) is 0. The van der Waals surface area contributed by atoms with E-state index in [1.165, 1.54) is 18.3 Å². The highest BCUT2D eigenvalue weighted by Crippen LogP contribution is 2.15. The van der Waals surface area contributed by atoms with E-state index in [4.69, 9.17) is 16.3 Å². The van der Waals surface area contributed by atoms with Gasteiger partial charge in [0.15, 0.2) is 0 Å². The number of carbonyl (C=O) groups excluding carboxylic acids is 1. The lowest BCUT2D eigenvalue weighted by atomic mass is 10.2. The molecule has 0 unspecified atom stereocenters. The number of hydrogen-bond donors (Lipinski definition) is 1. The number of benzene rings is 3. The highest BCUT2D eigenvalue weighted by atomic mass is 35.5. The Morgan fingerprint density at radius 1 is 1.07 bits per heavy atom. The van der Waals surface area contributed by atoms with Crippen molar-refractivity contribution in [3.63, 3.8) is 0 Å². The molecule has 0 radical (unpaired) electrons. The molecule has 0 aromatic heterocycles. The van der Waals surface area contributed by atoms with E-state index in [1.54, 1.807) is 48.5 Å². The van der Waals surface area contributed by atoms with Crippen LogP contribution in [0.4, 0.5) is 4.39 Å². The van der Waals surface area contributed by atoms with Crippen molar-refractivity contribution in [3.05, 3.63) is 100 Å². The van der Waals surface area contributed by atoms with Crippen molar-refractivity contribution in [2.24, 2.45) is 5.10 Å². The van der Waals surface area contributed by atoms with Crippen LogP contribution in [0, 0.1) is 5.82 Å². The Bertz CT molecular complexity index is 941. The molecule has 1 N–H and O–H groups in total. The van der Waals surface area contributed by atoms with Crippen LogP contribution >= 0.6 is 11.6 Å². The minimum atomic E-state index is -0.369. The topological polar surface area (TPSA) is 50.7 Å². The Balaban J connectivity index is 1.53. The first kappa shape index (κ1) is 18.6. The van der Waals surface area contributed by atoms with E-state index >= 15 is 0 Å². The lowest BCUT2D eigenvalue weighted by molar-refractivity contribution is 0.0955. The van der Waals surface area contributed by atoms with E-state index in [0.717, 1.165) is 5.56 Å². The molecule has 136 valence electrons. The van der Waals surface area contributed by atoms with Crippen LogP contribution in [0.15, 0.2) is 77.9 Å². The van der Waals surface area contributed by atoms with E-state index in [-0.39, 0.29) is 11.7 Å². The molecule has 3 aromatic carbocycles. The van der Waals surface area contributed by atoms with Crippen LogP contribution in [0.3, 0.4) is 0 Å². The first-order valence-corrected chi connectivity index (χ1v) is 8.54. The van der Waals surface area contributed by atoms with Crippen molar-refractivity contribution in [1.82, 2.24) is 5.43 Å². The molecule has 0 aliphatic rings. The van der Waals surface area contributed by atoms with E-state index in [2.05, 4.69) is 10.5 Å². The molecule has 3 aromatic rings. The molecule has 6 heteroatoms. The van der Waals surface area contributed by atoms with Gasteiger partial charge in [0.25, 0.3) is 5.91 Å². The van der Waals surface area contributed by atoms with Crippen LogP contribution < -0.4 is 10.2 Å². The summed E-state index contributed by atoms with van der Waals surface area (Å²) in [6, 6.07) is 20.0. The van der Waals surface area contributed by atoms with Gasteiger partial charge in [-0.3, -0.25) is 4.79 Å². The average molecular weight is 383 g/mol. The third kappa shape index (κ3) is 5.66. The Hall–Kier alpha value is -3.18. The standard InChI is InChI=1S/C21H16ClFN2O2/c22-18-8-4-15(5-9-18)14-27-20-10-6-17(7-11-20)21(26)25-24-13-16-2-1-3-19(23)12-16/h1-13H,14H2,(H,25,26)/b24-13-. The van der Waals surface area contributed by atoms with Crippen molar-refractivity contribution < 1.29 is 13.9 Å². The summed E-state index contributed by atoms with van der Waals surface area (Å²) >= 11 is 5.85. The summed E-state index contributed by atoms with van der Waals surface area (Å²) in [5.41, 5.74) is 4.39. The quantitative estimate of drug-likeness (QED) is 0.490. The smallest absolute Gasteiger partial charge is 0.271 e. The molecule has 0 saturated carbocycles. The van der Waals surface area contributed by atoms with Crippen LogP contribution in [0.1, 0.15) is 21.5 Å². The molecule has 0 fully saturated rings. The molecular weight excluding hydrogens is 367 g/mol. The summed E-state index contributed by atoms with van der Waals surface area (Å²) in [6.07, 6.45) is 1.38. The number of ether oxygens (including phenoxy) is 1. The van der Waals surface area contributed by atoms with Crippen molar-refractivity contribution in [2.75, 3.05) is 0 Å². The molecule has 0 atom stereocenters. The van der Waals surface area contributed by atoms with Crippen molar-refractivity contribution >= 4 is 23.7 Å². The minimum Gasteiger partial charge on any atom is -0.489 e. The maximum Gasteiger partial charge on any atom is 0.271 e. The van der Waals surface area contributed by atoms with Gasteiger partial charge in [0.1, 0.15) is 18.2 Å². The fraction of sp³-hybridized carbons (Fsp3) is 0.0476. The van der Waals surface area contributed by atoms with Crippen LogP contribution in [0.25, 0.3) is 0 Å². The van der Waals surface area contributed by atoms with Gasteiger partial charge in [-0.1, -0.05) is 35.9 Å². The van der Waals surface area contributed by atoms with Gasteiger partial charge >= 0.3 is 0 Å². The molecule has 27 heavy (non-hydrogen) atoms. The molecule has 1 amide bonds. The van der Waals surface area contributed by atoms with E-state index in [1.807, 2.05) is 12.1 Å². The van der Waals surface area contributed by atoms with Gasteiger partial charge in [-0.15, -0.1) is 0 Å². The Labute approximate surface area is 161 Å². The van der Waals surface area contributed by atoms with Crippen molar-refractivity contribution in [1.29, 1.82) is 0 Å². The van der Waals surface area contributed by atoms with Crippen LogP contribution in [0.5, 0.6) is 5.75 Å². The molecule has 0 saturated heterocycles. The summed E-state index contributed by atoms with van der Waals surface area (Å²) in [5.74, 6) is -0.0869. The van der Waals surface area contributed by atoms with Gasteiger partial charge in [0.2, 0.25) is 0 Å². The zero-order valence-corrected chi connectivity index (χ0v) is 15.0. The number of halogens is 2. The molecule has 0 aliphatic heterocycles. The van der Waals surface area contributed by atoms with Gasteiger partial charge in [0, 0.05) is 10.6 Å². The SMILES string of the molecule is O=C(N/N=C\c1cccc(F)c1)c1ccc(OCc2ccc(Cl)cc2)cc1. The lowest BCUT2D eigenvalue weighted by Gasteiger charge is -2.07. The predicted octanol–water partition coefficient (Wildman–Crippen LogP) is 4.82. The number of carbonyl (C=O) groups is 1. The highest BCUT2D eigenvalue weighted by molar-refractivity contribution is 6.30. The maximum absolute atomic E-state index is 13.1. The largest absolute Gasteiger partial charge is 0.489 e. The van der Waals surface area contributed by atoms with Gasteiger partial charge < -0.3 is 4.74 Å². The van der Waals surface area contributed by atoms with E-state index in [9.17, 15) is 9.18 Å². The summed E-state index contributed by atoms with van der Waals surface area (Å²) in [6.45, 7) is 0.403. The molecule has 4 nitrogen and oxygen atoms in total. The van der Waals surface area contributed by atoms with E-state index < -0.39 is 0 Å². The Kier molecular flexibility index (Phi) is 6.18. The Morgan fingerprint density at radius 3 is 2.52 bits per heavy atom. The van der Waals surface area contributed by atoms with E-state index in [0.29, 0.717) is 28.5 Å². The highest BCUT2D eigenvalue weighted by Gasteiger charge is 2.04. The predicted molar refractivity (Wildman–Crippen MR) is 104 cm³/mol. The molecule has 0 spiro atoms. The number of nitrogens with one attached hydrogen (secondary N) is 1. The third-order valence-electron chi connectivity index (χ3n) is 3.66. The van der Waals surface area contributed by atoms with Gasteiger partial charge in [0.05, 0.1) is 6.21 Å². The summed E-state index contributed by atoms with van der Waals surface area (Å²) in [5, 5.41) is 4.51. The first-order valence-electron chi connectivity index (χ1n) is 8.16. The number of hydrogen-bond acceptors (Lipinski definition) is 3. The lowest BCUT2D eigenvalue weighted by Crippen LogP contribution is -2.17. The molecule has 0 heterocycles. The van der Waals surface area contributed by atoms with Gasteiger partial charge in [-0.2, -0.15) is 5.10 Å². The monoisotopic (exact) mass is 382 g/mol. The molecule has 0 aliphatic carbocycles. The average Bonchev–Trinajstić information content (AvgIpc) is 2.68. The number of nitrogens with zero attached hydrogens (tertiary/aromatic N) is 1. The number of rotatable bonds is 6. The maximum atomic E-state index is 13.1. The zero-order chi connectivity index (χ0) is 19.1. The first-order chi connectivity index (χ1) is 13.1. The van der Waals surface area contributed by atoms with Crippen LogP contribution in [0.2, 0.25) is 5.02 Å². The van der Waals surface area contributed by atoms with Gasteiger partial charge in [-0.05, 0) is 59.7 Å². The minimum absolute atomic E-state index is 0.362. The van der Waals surface area contributed by atoms with Crippen LogP contribution in [-0.2, 0) is 6.61 Å². The zero-order valence-electron chi connectivity index (χ0n) is 14.2. The second kappa shape index (κ2) is 8.96.